The molecule has 0 saturated carbocycles. The van der Waals surface area contributed by atoms with Crippen LogP contribution in [0.1, 0.15) is 39.5 Å². The van der Waals surface area contributed by atoms with E-state index in [1.54, 1.807) is 30.3 Å². The van der Waals surface area contributed by atoms with E-state index < -0.39 is 0 Å². The van der Waals surface area contributed by atoms with Crippen LogP contribution < -0.4 is 5.32 Å². The number of hydrogen-bond donors (Lipinski definition) is 1. The number of nitrogens with one attached hydrogen (secondary N) is 1. The third-order valence-electron chi connectivity index (χ3n) is 5.46. The van der Waals surface area contributed by atoms with E-state index in [-0.39, 0.29) is 17.8 Å². The van der Waals surface area contributed by atoms with Gasteiger partial charge in [0.1, 0.15) is 11.6 Å². The van der Waals surface area contributed by atoms with Crippen LogP contribution in [0.2, 0.25) is 0 Å². The molecule has 0 radical (unpaired) electrons. The van der Waals surface area contributed by atoms with Gasteiger partial charge in [-0.15, -0.1) is 0 Å². The Morgan fingerprint density at radius 2 is 2.24 bits per heavy atom. The molecule has 2 aromatic heterocycles. The molecule has 0 fully saturated rings. The van der Waals surface area contributed by atoms with Crippen molar-refractivity contribution in [1.82, 2.24) is 20.0 Å². The standard InChI is InChI=1S/C22H25FN4O2/c1-26(14-18-7-4-10-29-18)22(28)21-19-12-17(8-9-20(19)27(2)25-21)24-13-15-5-3-6-16(23)11-15/h3-7,10-11,17,24H,8-9,12-14H2,1-2H3/t17-/m0/s1. The molecular formula is C22H25FN4O2. The average molecular weight is 396 g/mol. The lowest BCUT2D eigenvalue weighted by molar-refractivity contribution is 0.0767. The van der Waals surface area contributed by atoms with E-state index in [1.165, 1.54) is 6.07 Å². The Morgan fingerprint density at radius 1 is 1.38 bits per heavy atom. The maximum Gasteiger partial charge on any atom is 0.274 e. The van der Waals surface area contributed by atoms with Crippen molar-refractivity contribution >= 4 is 5.91 Å². The van der Waals surface area contributed by atoms with Crippen molar-refractivity contribution in [3.8, 4) is 0 Å². The van der Waals surface area contributed by atoms with Crippen LogP contribution in [-0.4, -0.2) is 33.7 Å². The summed E-state index contributed by atoms with van der Waals surface area (Å²) in [5.74, 6) is 0.402. The van der Waals surface area contributed by atoms with Crippen LogP contribution in [0, 0.1) is 5.82 Å². The molecule has 0 unspecified atom stereocenters. The van der Waals surface area contributed by atoms with Crippen LogP contribution in [0.25, 0.3) is 0 Å². The molecule has 1 N–H and O–H groups in total. The number of nitrogens with zero attached hydrogens (tertiary/aromatic N) is 3. The van der Waals surface area contributed by atoms with Crippen molar-refractivity contribution in [2.45, 2.75) is 38.4 Å². The number of amides is 1. The van der Waals surface area contributed by atoms with Crippen LogP contribution in [0.4, 0.5) is 4.39 Å². The summed E-state index contributed by atoms with van der Waals surface area (Å²) in [6.45, 7) is 0.998. The molecule has 1 atom stereocenters. The van der Waals surface area contributed by atoms with Crippen LogP contribution in [0.5, 0.6) is 0 Å². The lowest BCUT2D eigenvalue weighted by Crippen LogP contribution is -2.35. The Morgan fingerprint density at radius 3 is 3.00 bits per heavy atom. The molecule has 29 heavy (non-hydrogen) atoms. The molecule has 2 heterocycles. The number of aryl methyl sites for hydroxylation is 1. The first kappa shape index (κ1) is 19.4. The normalized spacial score (nSPS) is 15.9. The molecule has 1 aliphatic carbocycles. The average Bonchev–Trinajstić information content (AvgIpc) is 3.33. The van der Waals surface area contributed by atoms with E-state index in [9.17, 15) is 9.18 Å². The lowest BCUT2D eigenvalue weighted by Gasteiger charge is -2.25. The van der Waals surface area contributed by atoms with Crippen molar-refractivity contribution in [3.05, 3.63) is 76.8 Å². The molecule has 0 saturated heterocycles. The van der Waals surface area contributed by atoms with Gasteiger partial charge >= 0.3 is 0 Å². The number of rotatable bonds is 6. The first-order valence-corrected chi connectivity index (χ1v) is 9.81. The highest BCUT2D eigenvalue weighted by Gasteiger charge is 2.29. The number of benzene rings is 1. The number of carbonyl (C=O) groups is 1. The zero-order chi connectivity index (χ0) is 20.4. The summed E-state index contributed by atoms with van der Waals surface area (Å²) in [4.78, 5) is 14.7. The molecule has 0 spiro atoms. The molecule has 1 aromatic carbocycles. The zero-order valence-electron chi connectivity index (χ0n) is 16.7. The Balaban J connectivity index is 1.46. The second kappa shape index (κ2) is 8.21. The van der Waals surface area contributed by atoms with Gasteiger partial charge in [-0.2, -0.15) is 5.10 Å². The second-order valence-corrected chi connectivity index (χ2v) is 7.59. The molecule has 6 nitrogen and oxygen atoms in total. The van der Waals surface area contributed by atoms with Crippen LogP contribution in [-0.2, 0) is 33.0 Å². The maximum atomic E-state index is 13.4. The summed E-state index contributed by atoms with van der Waals surface area (Å²) in [5, 5.41) is 8.03. The van der Waals surface area contributed by atoms with E-state index >= 15 is 0 Å². The molecule has 7 heteroatoms. The number of hydrogen-bond acceptors (Lipinski definition) is 4. The Bertz CT molecular complexity index is 996. The fourth-order valence-corrected chi connectivity index (χ4v) is 3.93. The third-order valence-corrected chi connectivity index (χ3v) is 5.46. The van der Waals surface area contributed by atoms with Gasteiger partial charge in [0.05, 0.1) is 12.8 Å². The number of carbonyl (C=O) groups excluding carboxylic acids is 1. The predicted octanol–water partition coefficient (Wildman–Crippen LogP) is 3.07. The largest absolute Gasteiger partial charge is 0.467 e. The fraction of sp³-hybridized carbons (Fsp3) is 0.364. The van der Waals surface area contributed by atoms with Gasteiger partial charge in [0, 0.05) is 37.9 Å². The van der Waals surface area contributed by atoms with Crippen molar-refractivity contribution in [2.75, 3.05) is 7.05 Å². The zero-order valence-corrected chi connectivity index (χ0v) is 16.7. The second-order valence-electron chi connectivity index (χ2n) is 7.59. The van der Waals surface area contributed by atoms with Gasteiger partial charge in [-0.3, -0.25) is 9.48 Å². The number of halogens is 1. The van der Waals surface area contributed by atoms with Crippen LogP contribution in [0.3, 0.4) is 0 Å². The van der Waals surface area contributed by atoms with Gasteiger partial charge in [-0.1, -0.05) is 12.1 Å². The highest BCUT2D eigenvalue weighted by atomic mass is 19.1. The summed E-state index contributed by atoms with van der Waals surface area (Å²) in [5.41, 5.74) is 3.54. The van der Waals surface area contributed by atoms with E-state index in [4.69, 9.17) is 4.42 Å². The minimum Gasteiger partial charge on any atom is -0.467 e. The fourth-order valence-electron chi connectivity index (χ4n) is 3.93. The van der Waals surface area contributed by atoms with Crippen LogP contribution >= 0.6 is 0 Å². The summed E-state index contributed by atoms with van der Waals surface area (Å²) in [6.07, 6.45) is 4.14. The maximum absolute atomic E-state index is 13.4. The van der Waals surface area contributed by atoms with Crippen molar-refractivity contribution < 1.29 is 13.6 Å². The van der Waals surface area contributed by atoms with E-state index in [0.717, 1.165) is 41.8 Å². The SMILES string of the molecule is CN(Cc1ccco1)C(=O)c1nn(C)c2c1C[C@@H](NCc1cccc(F)c1)CC2. The highest BCUT2D eigenvalue weighted by molar-refractivity contribution is 5.94. The number of furan rings is 1. The Kier molecular flexibility index (Phi) is 5.49. The minimum atomic E-state index is -0.227. The molecule has 0 aliphatic heterocycles. The Labute approximate surface area is 169 Å². The lowest BCUT2D eigenvalue weighted by atomic mass is 9.91. The number of fused-ring (bicyclic) bond motifs is 1. The van der Waals surface area contributed by atoms with Gasteiger partial charge in [-0.25, -0.2) is 4.39 Å². The summed E-state index contributed by atoms with van der Waals surface area (Å²) >= 11 is 0. The topological polar surface area (TPSA) is 63.3 Å². The quantitative estimate of drug-likeness (QED) is 0.696. The molecule has 0 bridgehead atoms. The molecule has 152 valence electrons. The highest BCUT2D eigenvalue weighted by Crippen LogP contribution is 2.26. The van der Waals surface area contributed by atoms with Gasteiger partial charge in [0.15, 0.2) is 5.69 Å². The Hall–Kier alpha value is -2.93. The van der Waals surface area contributed by atoms with Crippen LogP contribution in [0.15, 0.2) is 47.1 Å². The van der Waals surface area contributed by atoms with E-state index in [0.29, 0.717) is 18.8 Å². The monoisotopic (exact) mass is 396 g/mol. The van der Waals surface area contributed by atoms with Gasteiger partial charge in [0.25, 0.3) is 5.91 Å². The van der Waals surface area contributed by atoms with Crippen molar-refractivity contribution in [1.29, 1.82) is 0 Å². The van der Waals surface area contributed by atoms with Gasteiger partial charge in [0.2, 0.25) is 0 Å². The summed E-state index contributed by atoms with van der Waals surface area (Å²) in [7, 11) is 3.65. The van der Waals surface area contributed by atoms with Crippen molar-refractivity contribution in [2.24, 2.45) is 7.05 Å². The first-order valence-electron chi connectivity index (χ1n) is 9.81. The number of aromatic nitrogens is 2. The third kappa shape index (κ3) is 4.24. The molecule has 4 rings (SSSR count). The van der Waals surface area contributed by atoms with Crippen molar-refractivity contribution in [3.63, 3.8) is 0 Å². The molecular weight excluding hydrogens is 371 g/mol. The molecule has 1 amide bonds. The first-order chi connectivity index (χ1) is 14.0. The minimum absolute atomic E-state index is 0.107. The van der Waals surface area contributed by atoms with Gasteiger partial charge < -0.3 is 14.6 Å². The van der Waals surface area contributed by atoms with E-state index in [1.807, 2.05) is 29.9 Å². The summed E-state index contributed by atoms with van der Waals surface area (Å²) in [6, 6.07) is 10.5. The predicted molar refractivity (Wildman–Crippen MR) is 107 cm³/mol. The van der Waals surface area contributed by atoms with Gasteiger partial charge in [-0.05, 0) is 49.1 Å². The molecule has 3 aromatic rings. The molecule has 1 aliphatic rings. The van der Waals surface area contributed by atoms with E-state index in [2.05, 4.69) is 10.4 Å². The summed E-state index contributed by atoms with van der Waals surface area (Å²) < 4.78 is 20.6. The smallest absolute Gasteiger partial charge is 0.274 e.